The number of carbonyl (C=O) groups is 1. The Morgan fingerprint density at radius 2 is 1.97 bits per heavy atom. The van der Waals surface area contributed by atoms with Gasteiger partial charge in [-0.25, -0.2) is 0 Å². The van der Waals surface area contributed by atoms with E-state index < -0.39 is 0 Å². The van der Waals surface area contributed by atoms with Crippen LogP contribution in [0.4, 0.5) is 0 Å². The molecule has 0 bridgehead atoms. The molecule has 1 saturated heterocycles. The second kappa shape index (κ2) is 8.13. The van der Waals surface area contributed by atoms with Crippen LogP contribution in [0, 0.1) is 0 Å². The summed E-state index contributed by atoms with van der Waals surface area (Å²) in [4.78, 5) is 18.8. The topological polar surface area (TPSA) is 77.7 Å². The molecule has 29 heavy (non-hydrogen) atoms. The van der Waals surface area contributed by atoms with Crippen molar-refractivity contribution in [1.82, 2.24) is 15.0 Å². The molecule has 1 amide bonds. The van der Waals surface area contributed by atoms with Gasteiger partial charge < -0.3 is 18.9 Å². The van der Waals surface area contributed by atoms with Crippen molar-refractivity contribution in [2.75, 3.05) is 14.2 Å². The maximum atomic E-state index is 12.5. The molecule has 1 fully saturated rings. The number of amides is 1. The van der Waals surface area contributed by atoms with E-state index in [-0.39, 0.29) is 11.9 Å². The number of methoxy groups -OCH3 is 2. The van der Waals surface area contributed by atoms with E-state index in [1.54, 1.807) is 31.3 Å². The molecule has 150 valence electrons. The minimum atomic E-state index is -0.278. The van der Waals surface area contributed by atoms with Crippen LogP contribution in [0.2, 0.25) is 5.02 Å². The summed E-state index contributed by atoms with van der Waals surface area (Å²) < 4.78 is 16.1. The minimum Gasteiger partial charge on any atom is -0.493 e. The van der Waals surface area contributed by atoms with Crippen LogP contribution in [0.1, 0.15) is 30.3 Å². The number of aromatic nitrogens is 2. The number of likely N-dealkylation sites (tertiary alicyclic amines) is 1. The van der Waals surface area contributed by atoms with Gasteiger partial charge in [0.2, 0.25) is 17.6 Å². The summed E-state index contributed by atoms with van der Waals surface area (Å²) in [7, 11) is 3.15. The summed E-state index contributed by atoms with van der Waals surface area (Å²) in [6, 6.07) is 12.6. The largest absolute Gasteiger partial charge is 0.493 e. The Morgan fingerprint density at radius 1 is 1.17 bits per heavy atom. The Morgan fingerprint density at radius 3 is 2.72 bits per heavy atom. The van der Waals surface area contributed by atoms with Crippen LogP contribution in [0.3, 0.4) is 0 Å². The maximum Gasteiger partial charge on any atom is 0.249 e. The lowest BCUT2D eigenvalue weighted by atomic mass is 10.1. The van der Waals surface area contributed by atoms with E-state index in [0.717, 1.165) is 11.1 Å². The molecule has 2 heterocycles. The molecule has 7 nitrogen and oxygen atoms in total. The molecule has 1 atom stereocenters. The van der Waals surface area contributed by atoms with Crippen molar-refractivity contribution in [3.05, 3.63) is 58.9 Å². The Kier molecular flexibility index (Phi) is 5.40. The first-order chi connectivity index (χ1) is 14.1. The summed E-state index contributed by atoms with van der Waals surface area (Å²) >= 11 is 6.27. The Bertz CT molecular complexity index is 1040. The molecule has 4 rings (SSSR count). The zero-order valence-corrected chi connectivity index (χ0v) is 16.8. The number of benzene rings is 2. The van der Waals surface area contributed by atoms with E-state index in [2.05, 4.69) is 10.1 Å². The molecule has 0 aliphatic carbocycles. The molecule has 0 radical (unpaired) electrons. The van der Waals surface area contributed by atoms with E-state index >= 15 is 0 Å². The highest BCUT2D eigenvalue weighted by molar-refractivity contribution is 6.31. The Labute approximate surface area is 173 Å². The van der Waals surface area contributed by atoms with Gasteiger partial charge in [0, 0.05) is 23.6 Å². The molecule has 1 aliphatic rings. The summed E-state index contributed by atoms with van der Waals surface area (Å²) in [5, 5.41) is 4.73. The number of halogens is 1. The number of carbonyl (C=O) groups excluding carboxylic acids is 1. The normalized spacial score (nSPS) is 16.3. The monoisotopic (exact) mass is 413 g/mol. The van der Waals surface area contributed by atoms with Gasteiger partial charge in [-0.15, -0.1) is 0 Å². The molecule has 1 aromatic heterocycles. The maximum absolute atomic E-state index is 12.5. The molecule has 1 aliphatic heterocycles. The molecule has 8 heteroatoms. The number of ether oxygens (including phenoxy) is 2. The van der Waals surface area contributed by atoms with Crippen molar-refractivity contribution in [1.29, 1.82) is 0 Å². The summed E-state index contributed by atoms with van der Waals surface area (Å²) in [5.74, 6) is 2.08. The lowest BCUT2D eigenvalue weighted by molar-refractivity contribution is -0.129. The number of hydrogen-bond acceptors (Lipinski definition) is 6. The first kappa shape index (κ1) is 19.3. The second-order valence-corrected chi connectivity index (χ2v) is 7.10. The first-order valence-corrected chi connectivity index (χ1v) is 9.57. The Balaban J connectivity index is 1.60. The van der Waals surface area contributed by atoms with E-state index in [4.69, 9.17) is 25.6 Å². The van der Waals surface area contributed by atoms with E-state index in [9.17, 15) is 4.79 Å². The summed E-state index contributed by atoms with van der Waals surface area (Å²) in [6.07, 6.45) is 1.06. The third-order valence-corrected chi connectivity index (χ3v) is 5.36. The highest BCUT2D eigenvalue weighted by atomic mass is 35.5. The van der Waals surface area contributed by atoms with Crippen molar-refractivity contribution in [3.63, 3.8) is 0 Å². The minimum absolute atomic E-state index is 0.0424. The summed E-state index contributed by atoms with van der Waals surface area (Å²) in [6.45, 7) is 0.400. The quantitative estimate of drug-likeness (QED) is 0.600. The standard InChI is InChI=1S/C21H20ClN3O4/c1-27-17-9-7-13(11-18(17)28-2)20-23-21(29-24-20)16-8-10-19(26)25(16)12-14-5-3-4-6-15(14)22/h3-7,9,11,16H,8,10,12H2,1-2H3. The van der Waals surface area contributed by atoms with Crippen LogP contribution in [-0.4, -0.2) is 35.2 Å². The summed E-state index contributed by atoms with van der Waals surface area (Å²) in [5.41, 5.74) is 1.62. The lowest BCUT2D eigenvalue weighted by Crippen LogP contribution is -2.27. The second-order valence-electron chi connectivity index (χ2n) is 6.69. The highest BCUT2D eigenvalue weighted by Gasteiger charge is 2.36. The number of hydrogen-bond donors (Lipinski definition) is 0. The molecule has 0 N–H and O–H groups in total. The van der Waals surface area contributed by atoms with Crippen LogP contribution >= 0.6 is 11.6 Å². The smallest absolute Gasteiger partial charge is 0.249 e. The fourth-order valence-corrected chi connectivity index (χ4v) is 3.66. The van der Waals surface area contributed by atoms with Crippen LogP contribution in [0.25, 0.3) is 11.4 Å². The van der Waals surface area contributed by atoms with Gasteiger partial charge in [-0.3, -0.25) is 4.79 Å². The van der Waals surface area contributed by atoms with E-state index in [1.807, 2.05) is 30.3 Å². The average Bonchev–Trinajstić information content (AvgIpc) is 3.36. The average molecular weight is 414 g/mol. The number of nitrogens with zero attached hydrogens (tertiary/aromatic N) is 3. The zero-order chi connectivity index (χ0) is 20.4. The highest BCUT2D eigenvalue weighted by Crippen LogP contribution is 2.36. The van der Waals surface area contributed by atoms with Crippen molar-refractivity contribution in [3.8, 4) is 22.9 Å². The van der Waals surface area contributed by atoms with Crippen LogP contribution in [-0.2, 0) is 11.3 Å². The van der Waals surface area contributed by atoms with Gasteiger partial charge in [0.1, 0.15) is 6.04 Å². The van der Waals surface area contributed by atoms with Gasteiger partial charge in [0.05, 0.1) is 14.2 Å². The molecular weight excluding hydrogens is 394 g/mol. The molecule has 2 aromatic carbocycles. The molecule has 1 unspecified atom stereocenters. The van der Waals surface area contributed by atoms with Gasteiger partial charge in [0.15, 0.2) is 11.5 Å². The van der Waals surface area contributed by atoms with Gasteiger partial charge in [-0.2, -0.15) is 4.98 Å². The van der Waals surface area contributed by atoms with Crippen molar-refractivity contribution in [2.24, 2.45) is 0 Å². The van der Waals surface area contributed by atoms with Gasteiger partial charge in [-0.1, -0.05) is 35.0 Å². The molecule has 0 saturated carbocycles. The zero-order valence-electron chi connectivity index (χ0n) is 16.1. The Hall–Kier alpha value is -3.06. The SMILES string of the molecule is COc1ccc(-c2noc(C3CCC(=O)N3Cc3ccccc3Cl)n2)cc1OC. The number of rotatable bonds is 6. The van der Waals surface area contributed by atoms with E-state index in [0.29, 0.717) is 47.6 Å². The van der Waals surface area contributed by atoms with Crippen molar-refractivity contribution in [2.45, 2.75) is 25.4 Å². The predicted molar refractivity (Wildman–Crippen MR) is 107 cm³/mol. The van der Waals surface area contributed by atoms with Gasteiger partial charge >= 0.3 is 0 Å². The van der Waals surface area contributed by atoms with Crippen molar-refractivity contribution < 1.29 is 18.8 Å². The van der Waals surface area contributed by atoms with Crippen molar-refractivity contribution >= 4 is 17.5 Å². The molecular formula is C21H20ClN3O4. The van der Waals surface area contributed by atoms with Crippen LogP contribution < -0.4 is 9.47 Å². The third kappa shape index (κ3) is 3.78. The van der Waals surface area contributed by atoms with Crippen LogP contribution in [0.15, 0.2) is 47.0 Å². The fraction of sp³-hybridized carbons (Fsp3) is 0.286. The van der Waals surface area contributed by atoms with E-state index in [1.165, 1.54) is 0 Å². The first-order valence-electron chi connectivity index (χ1n) is 9.19. The van der Waals surface area contributed by atoms with Gasteiger partial charge in [0.25, 0.3) is 0 Å². The third-order valence-electron chi connectivity index (χ3n) is 5.00. The fourth-order valence-electron chi connectivity index (χ4n) is 3.46. The predicted octanol–water partition coefficient (Wildman–Crippen LogP) is 4.27. The lowest BCUT2D eigenvalue weighted by Gasteiger charge is -2.22. The van der Waals surface area contributed by atoms with Gasteiger partial charge in [-0.05, 0) is 36.2 Å². The molecule has 3 aromatic rings. The molecule has 0 spiro atoms. The van der Waals surface area contributed by atoms with Crippen LogP contribution in [0.5, 0.6) is 11.5 Å².